The second kappa shape index (κ2) is 9.87. The number of esters is 1. The number of benzene rings is 3. The molecular formula is C30H28N2O8. The van der Waals surface area contributed by atoms with Gasteiger partial charge in [-0.3, -0.25) is 14.9 Å². The Morgan fingerprint density at radius 2 is 1.65 bits per heavy atom. The van der Waals surface area contributed by atoms with Gasteiger partial charge in [0.1, 0.15) is 24.7 Å². The van der Waals surface area contributed by atoms with Gasteiger partial charge in [-0.05, 0) is 23.8 Å². The second-order valence-electron chi connectivity index (χ2n) is 9.74. The summed E-state index contributed by atoms with van der Waals surface area (Å²) in [5, 5.41) is 3.38. The molecule has 0 aliphatic carbocycles. The van der Waals surface area contributed by atoms with Crippen LogP contribution in [0.5, 0.6) is 23.0 Å². The van der Waals surface area contributed by atoms with Gasteiger partial charge in [-0.15, -0.1) is 0 Å². The molecule has 2 saturated heterocycles. The Hall–Kier alpha value is -4.57. The summed E-state index contributed by atoms with van der Waals surface area (Å²) >= 11 is 0. The van der Waals surface area contributed by atoms with Crippen LogP contribution in [0, 0.1) is 11.8 Å². The molecule has 3 aliphatic rings. The Bertz CT molecular complexity index is 1490. The molecule has 4 atom stereocenters. The maximum absolute atomic E-state index is 14.3. The normalized spacial score (nSPS) is 25.0. The van der Waals surface area contributed by atoms with Gasteiger partial charge in [0.15, 0.2) is 17.0 Å². The number of hydrogen-bond acceptors (Lipinski definition) is 9. The second-order valence-corrected chi connectivity index (χ2v) is 9.74. The third-order valence-corrected chi connectivity index (χ3v) is 7.86. The molecule has 3 aromatic rings. The van der Waals surface area contributed by atoms with E-state index in [2.05, 4.69) is 5.32 Å². The topological polar surface area (TPSA) is 113 Å². The van der Waals surface area contributed by atoms with Crippen molar-refractivity contribution in [2.45, 2.75) is 11.6 Å². The molecular weight excluding hydrogens is 516 g/mol. The largest absolute Gasteiger partial charge is 0.497 e. The number of ether oxygens (including phenoxy) is 5. The molecule has 0 radical (unpaired) electrons. The van der Waals surface area contributed by atoms with E-state index in [0.29, 0.717) is 53.0 Å². The summed E-state index contributed by atoms with van der Waals surface area (Å²) in [7, 11) is 4.32. The number of imide groups is 1. The Balaban J connectivity index is 1.54. The van der Waals surface area contributed by atoms with E-state index in [-0.39, 0.29) is 0 Å². The molecule has 2 amide bonds. The van der Waals surface area contributed by atoms with Crippen LogP contribution in [-0.4, -0.2) is 52.3 Å². The first kappa shape index (κ1) is 25.7. The molecule has 0 unspecified atom stereocenters. The van der Waals surface area contributed by atoms with E-state index in [1.165, 1.54) is 14.2 Å². The molecule has 0 saturated carbocycles. The third-order valence-electron chi connectivity index (χ3n) is 7.86. The van der Waals surface area contributed by atoms with Gasteiger partial charge in [0.05, 0.1) is 38.9 Å². The van der Waals surface area contributed by atoms with Crippen molar-refractivity contribution in [2.24, 2.45) is 11.8 Å². The fraction of sp³-hybridized carbons (Fsp3) is 0.300. The minimum Gasteiger partial charge on any atom is -0.497 e. The van der Waals surface area contributed by atoms with Crippen LogP contribution in [0.3, 0.4) is 0 Å². The van der Waals surface area contributed by atoms with Crippen molar-refractivity contribution in [1.29, 1.82) is 0 Å². The lowest BCUT2D eigenvalue weighted by Gasteiger charge is -2.33. The highest BCUT2D eigenvalue weighted by Gasteiger charge is 2.70. The van der Waals surface area contributed by atoms with Gasteiger partial charge in [-0.1, -0.05) is 36.4 Å². The van der Waals surface area contributed by atoms with Gasteiger partial charge < -0.3 is 23.7 Å². The molecule has 3 aliphatic heterocycles. The monoisotopic (exact) mass is 544 g/mol. The number of fused-ring (bicyclic) bond motifs is 2. The standard InChI is InChI=1S/C30H28N2O8/c1-36-19-10-11-20(22(16-19)37-2)26-24-25(30(31-26,29(35)38-3)17-7-5-4-6-8-17)28(34)32(27(24)33)18-9-12-21-23(15-18)40-14-13-39-21/h4-12,15-16,24-26,31H,13-14H2,1-3H3/t24-,25-,26-,30-/m0/s1. The SMILES string of the molecule is COC(=O)[C@@]1(c2ccccc2)N[C@@H](c2ccc(OC)cc2OC)[C@H]2C(=O)N(c3ccc4c(c3)OCCO4)C(=O)[C@H]21. The van der Waals surface area contributed by atoms with E-state index in [1.807, 2.05) is 6.07 Å². The quantitative estimate of drug-likeness (QED) is 0.370. The van der Waals surface area contributed by atoms with Gasteiger partial charge in [-0.25, -0.2) is 9.69 Å². The highest BCUT2D eigenvalue weighted by atomic mass is 16.6. The maximum atomic E-state index is 14.3. The summed E-state index contributed by atoms with van der Waals surface area (Å²) in [4.78, 5) is 43.5. The van der Waals surface area contributed by atoms with Crippen LogP contribution < -0.4 is 29.2 Å². The summed E-state index contributed by atoms with van der Waals surface area (Å²) in [6.45, 7) is 0.764. The molecule has 2 fully saturated rings. The first-order valence-electron chi connectivity index (χ1n) is 12.9. The number of carbonyl (C=O) groups is 3. The lowest BCUT2D eigenvalue weighted by Crippen LogP contribution is -2.53. The Morgan fingerprint density at radius 3 is 2.35 bits per heavy atom. The Kier molecular flexibility index (Phi) is 6.34. The summed E-state index contributed by atoms with van der Waals surface area (Å²) in [6.07, 6.45) is 0. The molecule has 206 valence electrons. The number of rotatable bonds is 6. The van der Waals surface area contributed by atoms with Crippen molar-refractivity contribution >= 4 is 23.5 Å². The molecule has 3 aromatic carbocycles. The maximum Gasteiger partial charge on any atom is 0.331 e. The fourth-order valence-corrected chi connectivity index (χ4v) is 6.11. The summed E-state index contributed by atoms with van der Waals surface area (Å²) in [5.74, 6) is -1.74. The van der Waals surface area contributed by atoms with Crippen molar-refractivity contribution in [1.82, 2.24) is 5.32 Å². The van der Waals surface area contributed by atoms with Gasteiger partial charge in [0.25, 0.3) is 0 Å². The number of nitrogens with zero attached hydrogens (tertiary/aromatic N) is 1. The highest BCUT2D eigenvalue weighted by Crippen LogP contribution is 2.55. The van der Waals surface area contributed by atoms with Gasteiger partial charge in [-0.2, -0.15) is 0 Å². The number of methoxy groups -OCH3 is 3. The van der Waals surface area contributed by atoms with Crippen molar-refractivity contribution in [3.63, 3.8) is 0 Å². The van der Waals surface area contributed by atoms with Gasteiger partial charge in [0.2, 0.25) is 11.8 Å². The zero-order valence-corrected chi connectivity index (χ0v) is 22.2. The lowest BCUT2D eigenvalue weighted by molar-refractivity contribution is -0.152. The molecule has 1 N–H and O–H groups in total. The van der Waals surface area contributed by atoms with Crippen LogP contribution >= 0.6 is 0 Å². The molecule has 0 bridgehead atoms. The highest BCUT2D eigenvalue weighted by molar-refractivity contribution is 6.24. The van der Waals surface area contributed by atoms with E-state index in [9.17, 15) is 14.4 Å². The predicted octanol–water partition coefficient (Wildman–Crippen LogP) is 2.99. The van der Waals surface area contributed by atoms with E-state index in [0.717, 1.165) is 4.90 Å². The van der Waals surface area contributed by atoms with Crippen molar-refractivity contribution < 1.29 is 38.1 Å². The Labute approximate surface area is 230 Å². The molecule has 0 aromatic heterocycles. The summed E-state index contributed by atoms with van der Waals surface area (Å²) in [6, 6.07) is 18.2. The number of anilines is 1. The van der Waals surface area contributed by atoms with E-state index >= 15 is 0 Å². The van der Waals surface area contributed by atoms with Crippen LogP contribution in [0.25, 0.3) is 0 Å². The minimum atomic E-state index is -1.65. The number of hydrogen-bond donors (Lipinski definition) is 1. The fourth-order valence-electron chi connectivity index (χ4n) is 6.11. The summed E-state index contributed by atoms with van der Waals surface area (Å²) < 4.78 is 27.7. The smallest absolute Gasteiger partial charge is 0.331 e. The number of nitrogens with one attached hydrogen (secondary N) is 1. The van der Waals surface area contributed by atoms with Crippen LogP contribution in [-0.2, 0) is 24.7 Å². The first-order chi connectivity index (χ1) is 19.4. The molecule has 3 heterocycles. The Morgan fingerprint density at radius 1 is 0.900 bits per heavy atom. The van der Waals surface area contributed by atoms with E-state index in [4.69, 9.17) is 23.7 Å². The lowest BCUT2D eigenvalue weighted by atomic mass is 9.75. The van der Waals surface area contributed by atoms with Crippen molar-refractivity contribution in [2.75, 3.05) is 39.4 Å². The summed E-state index contributed by atoms with van der Waals surface area (Å²) in [5.41, 5.74) is -0.200. The number of carbonyl (C=O) groups excluding carboxylic acids is 3. The average molecular weight is 545 g/mol. The zero-order valence-electron chi connectivity index (χ0n) is 22.2. The van der Waals surface area contributed by atoms with E-state index in [1.54, 1.807) is 67.8 Å². The molecule has 40 heavy (non-hydrogen) atoms. The van der Waals surface area contributed by atoms with Crippen LogP contribution in [0.15, 0.2) is 66.7 Å². The first-order valence-corrected chi connectivity index (χ1v) is 12.9. The van der Waals surface area contributed by atoms with E-state index < -0.39 is 41.2 Å². The van der Waals surface area contributed by atoms with Gasteiger partial charge in [0, 0.05) is 23.7 Å². The molecule has 6 rings (SSSR count). The van der Waals surface area contributed by atoms with Crippen LogP contribution in [0.2, 0.25) is 0 Å². The average Bonchev–Trinajstić information content (AvgIpc) is 3.50. The number of amides is 2. The third kappa shape index (κ3) is 3.70. The van der Waals surface area contributed by atoms with Crippen LogP contribution in [0.4, 0.5) is 5.69 Å². The predicted molar refractivity (Wildman–Crippen MR) is 142 cm³/mol. The minimum absolute atomic E-state index is 0.334. The molecule has 10 nitrogen and oxygen atoms in total. The zero-order chi connectivity index (χ0) is 28.0. The van der Waals surface area contributed by atoms with Crippen molar-refractivity contribution in [3.8, 4) is 23.0 Å². The van der Waals surface area contributed by atoms with Crippen LogP contribution in [0.1, 0.15) is 17.2 Å². The molecule has 0 spiro atoms. The molecule has 10 heteroatoms. The van der Waals surface area contributed by atoms with Gasteiger partial charge >= 0.3 is 5.97 Å². The van der Waals surface area contributed by atoms with Crippen molar-refractivity contribution in [3.05, 3.63) is 77.9 Å².